The minimum atomic E-state index is -1.66. The molecule has 1 amide bonds. The van der Waals surface area contributed by atoms with E-state index in [0.29, 0.717) is 6.54 Å². The molecule has 0 aromatic rings. The van der Waals surface area contributed by atoms with Crippen LogP contribution < -0.4 is 10.6 Å². The quantitative estimate of drug-likeness (QED) is 0.520. The molecule has 0 unspecified atom stereocenters. The monoisotopic (exact) mass is 146 g/mol. The zero-order valence-corrected chi connectivity index (χ0v) is 5.91. The number of nitrogens with one attached hydrogen (secondary N) is 2. The van der Waals surface area contributed by atoms with E-state index in [1.54, 1.807) is 0 Å². The molecule has 1 rings (SSSR count). The first-order valence-corrected chi connectivity index (χ1v) is 3.31. The van der Waals surface area contributed by atoms with Gasteiger partial charge in [0, 0.05) is 20.0 Å². The molecule has 1 aliphatic rings. The van der Waals surface area contributed by atoms with Gasteiger partial charge in [0.25, 0.3) is 5.91 Å². The van der Waals surface area contributed by atoms with E-state index >= 15 is 0 Å². The number of carbonyl (C=O) groups excluding carboxylic acids is 1. The Morgan fingerprint density at radius 1 is 1.80 bits per heavy atom. The molecule has 1 saturated heterocycles. The molecule has 0 aliphatic carbocycles. The van der Waals surface area contributed by atoms with Gasteiger partial charge in [-0.2, -0.15) is 0 Å². The number of hydrogen-bond donors (Lipinski definition) is 2. The first kappa shape index (κ1) is 7.47. The molecule has 1 fully saturated rings. The average molecular weight is 146 g/mol. The third-order valence-corrected chi connectivity index (χ3v) is 1.74. The van der Waals surface area contributed by atoms with Gasteiger partial charge in [-0.25, -0.2) is 4.39 Å². The molecule has 0 spiro atoms. The lowest BCUT2D eigenvalue weighted by molar-refractivity contribution is -0.131. The summed E-state index contributed by atoms with van der Waals surface area (Å²) < 4.78 is 13.2. The standard InChI is InChI=1S/C6H11FN2O/c1-8-5(10)6(7)2-3-9-4-6/h9H,2-4H2,1H3,(H,8,10)/t6-/m0/s1. The molecule has 0 aromatic heterocycles. The molecule has 4 heteroatoms. The Hall–Kier alpha value is -0.640. The van der Waals surface area contributed by atoms with Gasteiger partial charge in [-0.05, 0) is 6.54 Å². The maximum absolute atomic E-state index is 13.2. The second-order valence-electron chi connectivity index (χ2n) is 2.47. The van der Waals surface area contributed by atoms with Crippen molar-refractivity contribution in [2.24, 2.45) is 0 Å². The van der Waals surface area contributed by atoms with Crippen LogP contribution in [0, 0.1) is 0 Å². The van der Waals surface area contributed by atoms with E-state index in [1.807, 2.05) is 0 Å². The molecule has 58 valence electrons. The minimum absolute atomic E-state index is 0.146. The fraction of sp³-hybridized carbons (Fsp3) is 0.833. The third kappa shape index (κ3) is 1.11. The lowest BCUT2D eigenvalue weighted by atomic mass is 10.1. The van der Waals surface area contributed by atoms with Crippen molar-refractivity contribution < 1.29 is 9.18 Å². The molecule has 1 atom stereocenters. The molecule has 1 heterocycles. The predicted octanol–water partition coefficient (Wildman–Crippen LogP) is -0.566. The first-order valence-electron chi connectivity index (χ1n) is 3.31. The van der Waals surface area contributed by atoms with Crippen LogP contribution in [0.3, 0.4) is 0 Å². The van der Waals surface area contributed by atoms with Gasteiger partial charge in [0.15, 0.2) is 0 Å². The number of hydrogen-bond acceptors (Lipinski definition) is 2. The van der Waals surface area contributed by atoms with Crippen LogP contribution >= 0.6 is 0 Å². The van der Waals surface area contributed by atoms with Crippen LogP contribution in [0.4, 0.5) is 4.39 Å². The average Bonchev–Trinajstić information content (AvgIpc) is 2.36. The van der Waals surface area contributed by atoms with Crippen LogP contribution in [0.2, 0.25) is 0 Å². The summed E-state index contributed by atoms with van der Waals surface area (Å²) in [6.07, 6.45) is 0.284. The van der Waals surface area contributed by atoms with Crippen molar-refractivity contribution in [3.8, 4) is 0 Å². The van der Waals surface area contributed by atoms with Crippen LogP contribution in [-0.2, 0) is 4.79 Å². The van der Waals surface area contributed by atoms with Crippen LogP contribution in [0.5, 0.6) is 0 Å². The van der Waals surface area contributed by atoms with Crippen molar-refractivity contribution in [2.75, 3.05) is 20.1 Å². The summed E-state index contributed by atoms with van der Waals surface area (Å²) >= 11 is 0. The normalized spacial score (nSPS) is 32.2. The summed E-state index contributed by atoms with van der Waals surface area (Å²) in [6.45, 7) is 0.733. The van der Waals surface area contributed by atoms with Crippen LogP contribution in [0.25, 0.3) is 0 Å². The van der Waals surface area contributed by atoms with E-state index < -0.39 is 11.6 Å². The Balaban J connectivity index is 2.58. The highest BCUT2D eigenvalue weighted by atomic mass is 19.1. The fourth-order valence-electron chi connectivity index (χ4n) is 1.08. The van der Waals surface area contributed by atoms with Gasteiger partial charge >= 0.3 is 0 Å². The zero-order chi connectivity index (χ0) is 7.61. The minimum Gasteiger partial charge on any atom is -0.356 e. The zero-order valence-electron chi connectivity index (χ0n) is 5.91. The molecule has 0 saturated carbocycles. The first-order chi connectivity index (χ1) is 4.69. The summed E-state index contributed by atoms with van der Waals surface area (Å²) in [4.78, 5) is 10.8. The predicted molar refractivity (Wildman–Crippen MR) is 35.4 cm³/mol. The highest BCUT2D eigenvalue weighted by Crippen LogP contribution is 2.19. The van der Waals surface area contributed by atoms with Gasteiger partial charge in [0.2, 0.25) is 5.67 Å². The summed E-state index contributed by atoms with van der Waals surface area (Å²) in [5.41, 5.74) is -1.66. The summed E-state index contributed by atoms with van der Waals surface area (Å²) in [6, 6.07) is 0. The number of amides is 1. The van der Waals surface area contributed by atoms with Gasteiger partial charge in [-0.1, -0.05) is 0 Å². The molecule has 2 N–H and O–H groups in total. The van der Waals surface area contributed by atoms with Gasteiger partial charge in [-0.3, -0.25) is 4.79 Å². The highest BCUT2D eigenvalue weighted by Gasteiger charge is 2.40. The number of carbonyl (C=O) groups is 1. The van der Waals surface area contributed by atoms with Crippen molar-refractivity contribution in [3.05, 3.63) is 0 Å². The van der Waals surface area contributed by atoms with E-state index in [2.05, 4.69) is 10.6 Å². The van der Waals surface area contributed by atoms with E-state index in [1.165, 1.54) is 7.05 Å². The lowest BCUT2D eigenvalue weighted by Gasteiger charge is -2.14. The maximum Gasteiger partial charge on any atom is 0.258 e. The van der Waals surface area contributed by atoms with Crippen molar-refractivity contribution in [3.63, 3.8) is 0 Å². The summed E-state index contributed by atoms with van der Waals surface area (Å²) in [5, 5.41) is 5.09. The topological polar surface area (TPSA) is 41.1 Å². The molecular weight excluding hydrogens is 135 g/mol. The van der Waals surface area contributed by atoms with Crippen LogP contribution in [0.1, 0.15) is 6.42 Å². The van der Waals surface area contributed by atoms with Crippen molar-refractivity contribution >= 4 is 5.91 Å². The van der Waals surface area contributed by atoms with E-state index in [9.17, 15) is 9.18 Å². The van der Waals surface area contributed by atoms with Gasteiger partial charge in [0.1, 0.15) is 0 Å². The number of rotatable bonds is 1. The van der Waals surface area contributed by atoms with Gasteiger partial charge in [-0.15, -0.1) is 0 Å². The van der Waals surface area contributed by atoms with Crippen molar-refractivity contribution in [2.45, 2.75) is 12.1 Å². The molecule has 0 aromatic carbocycles. The molecule has 3 nitrogen and oxygen atoms in total. The van der Waals surface area contributed by atoms with Crippen molar-refractivity contribution in [1.29, 1.82) is 0 Å². The Kier molecular flexibility index (Phi) is 1.89. The van der Waals surface area contributed by atoms with Gasteiger partial charge < -0.3 is 10.6 Å². The largest absolute Gasteiger partial charge is 0.356 e. The van der Waals surface area contributed by atoms with Crippen LogP contribution in [0.15, 0.2) is 0 Å². The lowest BCUT2D eigenvalue weighted by Crippen LogP contribution is -2.43. The summed E-state index contributed by atoms with van der Waals surface area (Å²) in [7, 11) is 1.45. The second kappa shape index (κ2) is 2.54. The maximum atomic E-state index is 13.2. The number of halogens is 1. The molecule has 10 heavy (non-hydrogen) atoms. The molecule has 1 aliphatic heterocycles. The Morgan fingerprint density at radius 2 is 2.50 bits per heavy atom. The molecule has 0 radical (unpaired) electrons. The Morgan fingerprint density at radius 3 is 2.90 bits per heavy atom. The summed E-state index contributed by atoms with van der Waals surface area (Å²) in [5.74, 6) is -0.516. The SMILES string of the molecule is CNC(=O)[C@]1(F)CCNC1. The highest BCUT2D eigenvalue weighted by molar-refractivity contribution is 5.85. The number of alkyl halides is 1. The van der Waals surface area contributed by atoms with E-state index in [4.69, 9.17) is 0 Å². The van der Waals surface area contributed by atoms with E-state index in [0.717, 1.165) is 0 Å². The van der Waals surface area contributed by atoms with E-state index in [-0.39, 0.29) is 13.0 Å². The Labute approximate surface area is 59.0 Å². The third-order valence-electron chi connectivity index (χ3n) is 1.74. The second-order valence-corrected chi connectivity index (χ2v) is 2.47. The van der Waals surface area contributed by atoms with Crippen LogP contribution in [-0.4, -0.2) is 31.7 Å². The van der Waals surface area contributed by atoms with Gasteiger partial charge in [0.05, 0.1) is 0 Å². The van der Waals surface area contributed by atoms with Crippen molar-refractivity contribution in [1.82, 2.24) is 10.6 Å². The fourth-order valence-corrected chi connectivity index (χ4v) is 1.08. The molecule has 0 bridgehead atoms. The molecular formula is C6H11FN2O. The smallest absolute Gasteiger partial charge is 0.258 e. The Bertz CT molecular complexity index is 143.